The summed E-state index contributed by atoms with van der Waals surface area (Å²) in [5, 5.41) is 9.18. The molecule has 2 heterocycles. The van der Waals surface area contributed by atoms with E-state index >= 15 is 0 Å². The summed E-state index contributed by atoms with van der Waals surface area (Å²) in [5.41, 5.74) is 0.995. The number of carboxylic acids is 1. The Morgan fingerprint density at radius 3 is 2.95 bits per heavy atom. The van der Waals surface area contributed by atoms with Crippen molar-refractivity contribution in [1.29, 1.82) is 0 Å². The Kier molecular flexibility index (Phi) is 4.14. The Labute approximate surface area is 112 Å². The fourth-order valence-electron chi connectivity index (χ4n) is 2.54. The average molecular weight is 262 g/mol. The number of likely N-dealkylation sites (tertiary alicyclic amines) is 1. The molecule has 1 aromatic heterocycles. The minimum Gasteiger partial charge on any atom is -0.480 e. The highest BCUT2D eigenvalue weighted by molar-refractivity contribution is 5.84. The standard InChI is InChI=1S/C14H18N2O3/c1-10-6-8-16(13(10)14(18)19)12(17)5-4-11-3-2-7-15-9-11/h2-3,7,9-10,13H,4-6,8H2,1H3,(H,18,19). The van der Waals surface area contributed by atoms with Gasteiger partial charge >= 0.3 is 5.97 Å². The van der Waals surface area contributed by atoms with Crippen molar-refractivity contribution in [2.24, 2.45) is 5.92 Å². The molecule has 1 aliphatic rings. The number of pyridine rings is 1. The molecule has 1 amide bonds. The van der Waals surface area contributed by atoms with Gasteiger partial charge in [0.25, 0.3) is 0 Å². The van der Waals surface area contributed by atoms with Crippen LogP contribution in [0.15, 0.2) is 24.5 Å². The maximum Gasteiger partial charge on any atom is 0.326 e. The lowest BCUT2D eigenvalue weighted by Crippen LogP contribution is -2.42. The summed E-state index contributed by atoms with van der Waals surface area (Å²) in [5.74, 6) is -0.958. The number of aryl methyl sites for hydroxylation is 1. The Morgan fingerprint density at radius 1 is 1.53 bits per heavy atom. The molecule has 19 heavy (non-hydrogen) atoms. The van der Waals surface area contributed by atoms with Gasteiger partial charge in [-0.2, -0.15) is 0 Å². The van der Waals surface area contributed by atoms with Crippen LogP contribution in [-0.2, 0) is 16.0 Å². The van der Waals surface area contributed by atoms with Gasteiger partial charge in [0.1, 0.15) is 6.04 Å². The van der Waals surface area contributed by atoms with E-state index in [1.54, 1.807) is 12.4 Å². The van der Waals surface area contributed by atoms with Crippen molar-refractivity contribution in [3.05, 3.63) is 30.1 Å². The lowest BCUT2D eigenvalue weighted by molar-refractivity contribution is -0.149. The molecule has 1 N–H and O–H groups in total. The minimum atomic E-state index is -0.903. The maximum atomic E-state index is 12.1. The molecule has 0 spiro atoms. The van der Waals surface area contributed by atoms with Gasteiger partial charge in [-0.05, 0) is 30.4 Å². The van der Waals surface area contributed by atoms with Crippen LogP contribution in [0.5, 0.6) is 0 Å². The van der Waals surface area contributed by atoms with Gasteiger partial charge in [0.15, 0.2) is 0 Å². The Hall–Kier alpha value is -1.91. The predicted molar refractivity (Wildman–Crippen MR) is 69.5 cm³/mol. The topological polar surface area (TPSA) is 70.5 Å². The molecule has 1 fully saturated rings. The molecule has 2 rings (SSSR count). The number of carbonyl (C=O) groups excluding carboxylic acids is 1. The third kappa shape index (κ3) is 3.10. The third-order valence-corrected chi connectivity index (χ3v) is 3.62. The van der Waals surface area contributed by atoms with E-state index in [4.69, 9.17) is 0 Å². The first-order valence-electron chi connectivity index (χ1n) is 6.51. The second kappa shape index (κ2) is 5.82. The van der Waals surface area contributed by atoms with E-state index in [-0.39, 0.29) is 11.8 Å². The van der Waals surface area contributed by atoms with Gasteiger partial charge in [-0.25, -0.2) is 4.79 Å². The van der Waals surface area contributed by atoms with Crippen LogP contribution in [0, 0.1) is 5.92 Å². The fraction of sp³-hybridized carbons (Fsp3) is 0.500. The zero-order chi connectivity index (χ0) is 13.8. The van der Waals surface area contributed by atoms with Crippen LogP contribution < -0.4 is 0 Å². The summed E-state index contributed by atoms with van der Waals surface area (Å²) in [6.45, 7) is 2.43. The van der Waals surface area contributed by atoms with Gasteiger partial charge in [-0.3, -0.25) is 9.78 Å². The Bertz CT molecular complexity index is 461. The van der Waals surface area contributed by atoms with Crippen LogP contribution in [0.25, 0.3) is 0 Å². The van der Waals surface area contributed by atoms with Crippen LogP contribution in [0.2, 0.25) is 0 Å². The van der Waals surface area contributed by atoms with E-state index in [1.807, 2.05) is 19.1 Å². The first-order valence-corrected chi connectivity index (χ1v) is 6.51. The molecule has 2 unspecified atom stereocenters. The van der Waals surface area contributed by atoms with Crippen molar-refractivity contribution in [2.75, 3.05) is 6.54 Å². The summed E-state index contributed by atoms with van der Waals surface area (Å²) < 4.78 is 0. The molecule has 1 saturated heterocycles. The average Bonchev–Trinajstić information content (AvgIpc) is 2.79. The van der Waals surface area contributed by atoms with Crippen LogP contribution in [-0.4, -0.2) is 39.5 Å². The van der Waals surface area contributed by atoms with Crippen molar-refractivity contribution in [1.82, 2.24) is 9.88 Å². The number of hydrogen-bond acceptors (Lipinski definition) is 3. The van der Waals surface area contributed by atoms with Gasteiger partial charge in [-0.15, -0.1) is 0 Å². The molecule has 1 aliphatic heterocycles. The van der Waals surface area contributed by atoms with E-state index in [9.17, 15) is 14.7 Å². The molecule has 0 aliphatic carbocycles. The molecule has 102 valence electrons. The summed E-state index contributed by atoms with van der Waals surface area (Å²) in [6.07, 6.45) is 5.12. The highest BCUT2D eigenvalue weighted by Crippen LogP contribution is 2.25. The van der Waals surface area contributed by atoms with Gasteiger partial charge in [0.05, 0.1) is 0 Å². The van der Waals surface area contributed by atoms with E-state index < -0.39 is 12.0 Å². The van der Waals surface area contributed by atoms with Crippen LogP contribution in [0.4, 0.5) is 0 Å². The third-order valence-electron chi connectivity index (χ3n) is 3.62. The molecule has 2 atom stereocenters. The van der Waals surface area contributed by atoms with E-state index in [0.29, 0.717) is 19.4 Å². The molecule has 0 aromatic carbocycles. The second-order valence-corrected chi connectivity index (χ2v) is 5.00. The first kappa shape index (κ1) is 13.5. The highest BCUT2D eigenvalue weighted by atomic mass is 16.4. The molecule has 1 aromatic rings. The number of nitrogens with zero attached hydrogens (tertiary/aromatic N) is 2. The maximum absolute atomic E-state index is 12.1. The highest BCUT2D eigenvalue weighted by Gasteiger charge is 2.38. The normalized spacial score (nSPS) is 22.5. The zero-order valence-electron chi connectivity index (χ0n) is 11.0. The molecule has 0 saturated carbocycles. The Morgan fingerprint density at radius 2 is 2.32 bits per heavy atom. The molecular formula is C14H18N2O3. The summed E-state index contributed by atoms with van der Waals surface area (Å²) in [6, 6.07) is 3.08. The minimum absolute atomic E-state index is 0.0276. The van der Waals surface area contributed by atoms with Crippen LogP contribution in [0.3, 0.4) is 0 Å². The number of hydrogen-bond donors (Lipinski definition) is 1. The van der Waals surface area contributed by atoms with Crippen molar-refractivity contribution in [2.45, 2.75) is 32.2 Å². The number of aromatic nitrogens is 1. The predicted octanol–water partition coefficient (Wildman–Crippen LogP) is 1.34. The van der Waals surface area contributed by atoms with Gasteiger partial charge in [-0.1, -0.05) is 13.0 Å². The van der Waals surface area contributed by atoms with E-state index in [0.717, 1.165) is 12.0 Å². The van der Waals surface area contributed by atoms with Crippen molar-refractivity contribution in [3.8, 4) is 0 Å². The molecule has 5 heteroatoms. The lowest BCUT2D eigenvalue weighted by Gasteiger charge is -2.23. The van der Waals surface area contributed by atoms with Crippen LogP contribution >= 0.6 is 0 Å². The summed E-state index contributed by atoms with van der Waals surface area (Å²) in [7, 11) is 0. The van der Waals surface area contributed by atoms with Crippen molar-refractivity contribution in [3.63, 3.8) is 0 Å². The van der Waals surface area contributed by atoms with E-state index in [1.165, 1.54) is 4.90 Å². The number of aliphatic carboxylic acids is 1. The summed E-state index contributed by atoms with van der Waals surface area (Å²) >= 11 is 0. The SMILES string of the molecule is CC1CCN(C(=O)CCc2cccnc2)C1C(=O)O. The molecule has 0 bridgehead atoms. The molecule has 5 nitrogen and oxygen atoms in total. The van der Waals surface area contributed by atoms with Gasteiger partial charge in [0, 0.05) is 25.4 Å². The quantitative estimate of drug-likeness (QED) is 0.888. The zero-order valence-corrected chi connectivity index (χ0v) is 11.0. The second-order valence-electron chi connectivity index (χ2n) is 5.00. The smallest absolute Gasteiger partial charge is 0.326 e. The fourth-order valence-corrected chi connectivity index (χ4v) is 2.54. The van der Waals surface area contributed by atoms with Crippen molar-refractivity contribution < 1.29 is 14.7 Å². The molecular weight excluding hydrogens is 244 g/mol. The monoisotopic (exact) mass is 262 g/mol. The van der Waals surface area contributed by atoms with Crippen LogP contribution in [0.1, 0.15) is 25.3 Å². The molecule has 0 radical (unpaired) electrons. The number of carboxylic acid groups (broad SMARTS) is 1. The van der Waals surface area contributed by atoms with Crippen molar-refractivity contribution >= 4 is 11.9 Å². The van der Waals surface area contributed by atoms with E-state index in [2.05, 4.69) is 4.98 Å². The van der Waals surface area contributed by atoms with Gasteiger partial charge in [0.2, 0.25) is 5.91 Å². The number of rotatable bonds is 4. The number of carbonyl (C=O) groups is 2. The largest absolute Gasteiger partial charge is 0.480 e. The number of amides is 1. The Balaban J connectivity index is 1.95. The first-order chi connectivity index (χ1) is 9.09. The van der Waals surface area contributed by atoms with Gasteiger partial charge < -0.3 is 10.0 Å². The lowest BCUT2D eigenvalue weighted by atomic mass is 10.0. The summed E-state index contributed by atoms with van der Waals surface area (Å²) in [4.78, 5) is 28.8.